The first-order chi connectivity index (χ1) is 16.1. The van der Waals surface area contributed by atoms with Crippen molar-refractivity contribution in [3.63, 3.8) is 0 Å². The molecule has 33 heavy (non-hydrogen) atoms. The van der Waals surface area contributed by atoms with Gasteiger partial charge in [-0.3, -0.25) is 0 Å². The topological polar surface area (TPSA) is 59.4 Å². The van der Waals surface area contributed by atoms with Crippen LogP contribution in [0.1, 0.15) is 53.9 Å². The number of nitrogens with zero attached hydrogens (tertiary/aromatic N) is 4. The summed E-state index contributed by atoms with van der Waals surface area (Å²) in [5.41, 5.74) is 8.47. The molecular weight excluding hydrogens is 406 g/mol. The molecule has 2 heterocycles. The van der Waals surface area contributed by atoms with Crippen molar-refractivity contribution in [2.75, 3.05) is 0 Å². The Balaban J connectivity index is 1.70. The van der Waals surface area contributed by atoms with E-state index in [1.165, 1.54) is 29.5 Å². The molecule has 0 aliphatic heterocycles. The number of aryl methyl sites for hydroxylation is 2. The van der Waals surface area contributed by atoms with Gasteiger partial charge in [-0.15, -0.1) is 5.10 Å². The van der Waals surface area contributed by atoms with Crippen molar-refractivity contribution in [3.05, 3.63) is 101 Å². The Kier molecular flexibility index (Phi) is 4.47. The van der Waals surface area contributed by atoms with E-state index in [2.05, 4.69) is 95.0 Å². The van der Waals surface area contributed by atoms with E-state index in [1.54, 1.807) is 0 Å². The van der Waals surface area contributed by atoms with E-state index in [0.29, 0.717) is 5.92 Å². The first kappa shape index (κ1) is 19.9. The minimum Gasteiger partial charge on any atom is -0.342 e. The third-order valence-corrected chi connectivity index (χ3v) is 7.08. The van der Waals surface area contributed by atoms with Crippen molar-refractivity contribution in [3.8, 4) is 11.3 Å². The largest absolute Gasteiger partial charge is 0.342 e. The first-order valence-electron chi connectivity index (χ1n) is 11.6. The number of rotatable bonds is 5. The first-order valence-corrected chi connectivity index (χ1v) is 11.6. The Morgan fingerprint density at radius 3 is 2.12 bits per heavy atom. The van der Waals surface area contributed by atoms with Gasteiger partial charge >= 0.3 is 0 Å². The molecule has 164 valence electrons. The van der Waals surface area contributed by atoms with Crippen molar-refractivity contribution >= 4 is 11.0 Å². The van der Waals surface area contributed by atoms with Crippen molar-refractivity contribution in [1.82, 2.24) is 25.0 Å². The lowest BCUT2D eigenvalue weighted by Crippen LogP contribution is -2.26. The van der Waals surface area contributed by atoms with Gasteiger partial charge in [-0.1, -0.05) is 65.9 Å². The van der Waals surface area contributed by atoms with Crippen LogP contribution < -0.4 is 0 Å². The van der Waals surface area contributed by atoms with Crippen LogP contribution >= 0.6 is 0 Å². The predicted molar refractivity (Wildman–Crippen MR) is 131 cm³/mol. The lowest BCUT2D eigenvalue weighted by Gasteiger charge is -2.32. The second kappa shape index (κ2) is 7.41. The van der Waals surface area contributed by atoms with E-state index >= 15 is 0 Å². The van der Waals surface area contributed by atoms with Crippen LogP contribution in [0.25, 0.3) is 22.3 Å². The number of imidazole rings is 1. The summed E-state index contributed by atoms with van der Waals surface area (Å²) in [6, 6.07) is 26.0. The van der Waals surface area contributed by atoms with Gasteiger partial charge in [-0.05, 0) is 55.5 Å². The molecule has 3 aromatic carbocycles. The number of benzene rings is 3. The van der Waals surface area contributed by atoms with Gasteiger partial charge in [-0.25, -0.2) is 9.67 Å². The lowest BCUT2D eigenvalue weighted by molar-refractivity contribution is 0.696. The third kappa shape index (κ3) is 3.18. The smallest absolute Gasteiger partial charge is 0.110 e. The zero-order chi connectivity index (χ0) is 22.6. The van der Waals surface area contributed by atoms with Gasteiger partial charge in [0.05, 0.1) is 22.4 Å². The number of hydrogen-bond acceptors (Lipinski definition) is 3. The SMILES string of the molecule is Cc1nnn(C)c1-c1cc(C(C)(c2ccccc2)c2ccccc2)c2nc(C3CC3)[nH]c2c1. The predicted octanol–water partition coefficient (Wildman–Crippen LogP) is 5.90. The summed E-state index contributed by atoms with van der Waals surface area (Å²) in [4.78, 5) is 8.82. The molecule has 2 aromatic heterocycles. The molecule has 0 spiro atoms. The third-order valence-electron chi connectivity index (χ3n) is 7.08. The number of nitrogens with one attached hydrogen (secondary N) is 1. The van der Waals surface area contributed by atoms with Crippen LogP contribution in [0.4, 0.5) is 0 Å². The zero-order valence-corrected chi connectivity index (χ0v) is 19.2. The van der Waals surface area contributed by atoms with Crippen molar-refractivity contribution in [2.45, 2.75) is 38.0 Å². The highest BCUT2D eigenvalue weighted by Gasteiger charge is 2.35. The Morgan fingerprint density at radius 2 is 1.58 bits per heavy atom. The normalized spacial score (nSPS) is 14.2. The quantitative estimate of drug-likeness (QED) is 0.351. The molecule has 0 radical (unpaired) electrons. The molecule has 0 bridgehead atoms. The van der Waals surface area contributed by atoms with Gasteiger partial charge in [0, 0.05) is 23.9 Å². The Hall–Kier alpha value is -3.73. The van der Waals surface area contributed by atoms with E-state index < -0.39 is 0 Å². The van der Waals surface area contributed by atoms with Crippen LogP contribution in [-0.2, 0) is 12.5 Å². The average molecular weight is 434 g/mol. The van der Waals surface area contributed by atoms with E-state index in [4.69, 9.17) is 4.98 Å². The van der Waals surface area contributed by atoms with Crippen LogP contribution in [-0.4, -0.2) is 25.0 Å². The summed E-state index contributed by atoms with van der Waals surface area (Å²) in [6.07, 6.45) is 2.42. The second-order valence-electron chi connectivity index (χ2n) is 9.32. The molecule has 1 N–H and O–H groups in total. The monoisotopic (exact) mass is 433 g/mol. The molecule has 5 aromatic rings. The maximum Gasteiger partial charge on any atom is 0.110 e. The molecule has 1 aliphatic rings. The highest BCUT2D eigenvalue weighted by Crippen LogP contribution is 2.45. The Labute approximate surface area is 193 Å². The maximum absolute atomic E-state index is 5.17. The van der Waals surface area contributed by atoms with Crippen LogP contribution in [0.15, 0.2) is 72.8 Å². The number of fused-ring (bicyclic) bond motifs is 1. The molecule has 1 fully saturated rings. The van der Waals surface area contributed by atoms with Crippen molar-refractivity contribution in [2.24, 2.45) is 7.05 Å². The summed E-state index contributed by atoms with van der Waals surface area (Å²) in [7, 11) is 1.95. The van der Waals surface area contributed by atoms with E-state index in [1.807, 2.05) is 18.7 Å². The minimum absolute atomic E-state index is 0.382. The van der Waals surface area contributed by atoms with Gasteiger partial charge in [0.2, 0.25) is 0 Å². The highest BCUT2D eigenvalue weighted by molar-refractivity contribution is 5.87. The number of hydrogen-bond donors (Lipinski definition) is 1. The average Bonchev–Trinajstić information content (AvgIpc) is 3.53. The molecule has 5 nitrogen and oxygen atoms in total. The summed E-state index contributed by atoms with van der Waals surface area (Å²) in [5.74, 6) is 1.65. The summed E-state index contributed by atoms with van der Waals surface area (Å²) in [5, 5.41) is 8.58. The molecule has 5 heteroatoms. The van der Waals surface area contributed by atoms with Crippen LogP contribution in [0.3, 0.4) is 0 Å². The van der Waals surface area contributed by atoms with Crippen LogP contribution in [0.5, 0.6) is 0 Å². The van der Waals surface area contributed by atoms with Crippen molar-refractivity contribution in [1.29, 1.82) is 0 Å². The van der Waals surface area contributed by atoms with Gasteiger partial charge in [0.25, 0.3) is 0 Å². The van der Waals surface area contributed by atoms with E-state index in [0.717, 1.165) is 33.8 Å². The molecule has 1 aliphatic carbocycles. The molecule has 0 unspecified atom stereocenters. The number of aromatic nitrogens is 5. The molecule has 6 rings (SSSR count). The van der Waals surface area contributed by atoms with E-state index in [-0.39, 0.29) is 5.41 Å². The summed E-state index contributed by atoms with van der Waals surface area (Å²) < 4.78 is 1.86. The Bertz CT molecular complexity index is 1380. The van der Waals surface area contributed by atoms with E-state index in [9.17, 15) is 0 Å². The lowest BCUT2D eigenvalue weighted by atomic mass is 9.70. The fourth-order valence-electron chi connectivity index (χ4n) is 5.08. The van der Waals surface area contributed by atoms with Gasteiger partial charge in [-0.2, -0.15) is 0 Å². The maximum atomic E-state index is 5.17. The fraction of sp³-hybridized carbons (Fsp3) is 0.250. The second-order valence-corrected chi connectivity index (χ2v) is 9.32. The van der Waals surface area contributed by atoms with Gasteiger partial charge in [0.1, 0.15) is 5.82 Å². The van der Waals surface area contributed by atoms with Gasteiger partial charge < -0.3 is 4.98 Å². The molecule has 0 saturated heterocycles. The number of H-pyrrole nitrogens is 1. The van der Waals surface area contributed by atoms with Crippen LogP contribution in [0, 0.1) is 6.92 Å². The molecular formula is C28H27N5. The highest BCUT2D eigenvalue weighted by atomic mass is 15.4. The molecule has 0 amide bonds. The van der Waals surface area contributed by atoms with Crippen molar-refractivity contribution < 1.29 is 0 Å². The fourth-order valence-corrected chi connectivity index (χ4v) is 5.08. The van der Waals surface area contributed by atoms with Gasteiger partial charge in [0.15, 0.2) is 0 Å². The summed E-state index contributed by atoms with van der Waals surface area (Å²) >= 11 is 0. The Morgan fingerprint density at radius 1 is 0.939 bits per heavy atom. The molecule has 0 atom stereocenters. The minimum atomic E-state index is -0.382. The number of aromatic amines is 1. The summed E-state index contributed by atoms with van der Waals surface area (Å²) in [6.45, 7) is 4.33. The standard InChI is InChI=1S/C28H27N5/c1-18-26(33(3)32-31-18)20-16-23(25-24(17-20)29-27(30-25)19-14-15-19)28(2,21-10-6-4-7-11-21)22-12-8-5-9-13-22/h4-13,16-17,19H,14-15H2,1-3H3,(H,29,30). The van der Waals surface area contributed by atoms with Crippen LogP contribution in [0.2, 0.25) is 0 Å². The molecule has 1 saturated carbocycles. The zero-order valence-electron chi connectivity index (χ0n) is 19.2.